The van der Waals surface area contributed by atoms with Crippen LogP contribution in [0.2, 0.25) is 0 Å². The SMILES string of the molecule is ClC/C=C/CO[C@H]1CCCCO1. The first-order valence-electron chi connectivity index (χ1n) is 4.37. The third kappa shape index (κ3) is 4.10. The molecule has 0 unspecified atom stereocenters. The second-order valence-corrected chi connectivity index (χ2v) is 3.06. The smallest absolute Gasteiger partial charge is 0.157 e. The topological polar surface area (TPSA) is 18.5 Å². The van der Waals surface area contributed by atoms with Gasteiger partial charge in [0.05, 0.1) is 6.61 Å². The lowest BCUT2D eigenvalue weighted by atomic mass is 10.2. The van der Waals surface area contributed by atoms with Gasteiger partial charge in [0.15, 0.2) is 6.29 Å². The predicted molar refractivity (Wildman–Crippen MR) is 49.4 cm³/mol. The number of ether oxygens (including phenoxy) is 2. The van der Waals surface area contributed by atoms with Gasteiger partial charge in [-0.05, 0) is 19.3 Å². The summed E-state index contributed by atoms with van der Waals surface area (Å²) in [5, 5.41) is 0. The van der Waals surface area contributed by atoms with Gasteiger partial charge in [-0.1, -0.05) is 12.2 Å². The zero-order valence-electron chi connectivity index (χ0n) is 7.17. The fraction of sp³-hybridized carbons (Fsp3) is 0.778. The van der Waals surface area contributed by atoms with Crippen molar-refractivity contribution in [3.63, 3.8) is 0 Å². The van der Waals surface area contributed by atoms with Crippen molar-refractivity contribution < 1.29 is 9.47 Å². The average Bonchev–Trinajstić information content (AvgIpc) is 2.14. The maximum Gasteiger partial charge on any atom is 0.157 e. The third-order valence-corrected chi connectivity index (χ3v) is 1.95. The second kappa shape index (κ2) is 6.46. The average molecular weight is 191 g/mol. The molecular weight excluding hydrogens is 176 g/mol. The minimum absolute atomic E-state index is 0.0127. The minimum Gasteiger partial charge on any atom is -0.353 e. The summed E-state index contributed by atoms with van der Waals surface area (Å²) in [5.41, 5.74) is 0. The summed E-state index contributed by atoms with van der Waals surface area (Å²) >= 11 is 5.45. The molecule has 2 nitrogen and oxygen atoms in total. The Hall–Kier alpha value is -0.0500. The quantitative estimate of drug-likeness (QED) is 0.501. The second-order valence-electron chi connectivity index (χ2n) is 2.76. The van der Waals surface area contributed by atoms with Crippen molar-refractivity contribution in [2.75, 3.05) is 19.1 Å². The molecule has 1 rings (SSSR count). The molecule has 0 N–H and O–H groups in total. The molecule has 0 aromatic carbocycles. The molecule has 0 amide bonds. The monoisotopic (exact) mass is 190 g/mol. The summed E-state index contributed by atoms with van der Waals surface area (Å²) in [6.45, 7) is 1.45. The maximum atomic E-state index is 5.45. The van der Waals surface area contributed by atoms with E-state index < -0.39 is 0 Å². The molecular formula is C9H15ClO2. The van der Waals surface area contributed by atoms with Gasteiger partial charge in [-0.2, -0.15) is 0 Å². The van der Waals surface area contributed by atoms with Gasteiger partial charge in [-0.3, -0.25) is 0 Å². The molecule has 1 saturated heterocycles. The standard InChI is InChI=1S/C9H15ClO2/c10-6-2-4-8-12-9-5-1-3-7-11-9/h2,4,9H,1,3,5-8H2/b4-2+/t9-/m0/s1. The number of alkyl halides is 1. The van der Waals surface area contributed by atoms with Gasteiger partial charge in [0, 0.05) is 12.5 Å². The molecule has 0 aromatic rings. The van der Waals surface area contributed by atoms with Crippen LogP contribution in [0.5, 0.6) is 0 Å². The van der Waals surface area contributed by atoms with Gasteiger partial charge < -0.3 is 9.47 Å². The van der Waals surface area contributed by atoms with Crippen molar-refractivity contribution in [3.8, 4) is 0 Å². The largest absolute Gasteiger partial charge is 0.353 e. The molecule has 70 valence electrons. The van der Waals surface area contributed by atoms with Crippen molar-refractivity contribution in [1.82, 2.24) is 0 Å². The summed E-state index contributed by atoms with van der Waals surface area (Å²) in [5.74, 6) is 0.550. The van der Waals surface area contributed by atoms with Crippen molar-refractivity contribution in [3.05, 3.63) is 12.2 Å². The van der Waals surface area contributed by atoms with E-state index in [2.05, 4.69) is 0 Å². The van der Waals surface area contributed by atoms with E-state index in [4.69, 9.17) is 21.1 Å². The molecule has 1 atom stereocenters. The zero-order chi connectivity index (χ0) is 8.65. The fourth-order valence-electron chi connectivity index (χ4n) is 1.14. The lowest BCUT2D eigenvalue weighted by Gasteiger charge is -2.21. The Morgan fingerprint density at radius 2 is 2.33 bits per heavy atom. The molecule has 1 heterocycles. The Kier molecular flexibility index (Phi) is 5.41. The van der Waals surface area contributed by atoms with E-state index in [9.17, 15) is 0 Å². The summed E-state index contributed by atoms with van der Waals surface area (Å²) in [6, 6.07) is 0. The van der Waals surface area contributed by atoms with E-state index in [-0.39, 0.29) is 6.29 Å². The molecule has 1 fully saturated rings. The predicted octanol–water partition coefficient (Wildman–Crippen LogP) is 2.32. The molecule has 0 aliphatic carbocycles. The first kappa shape index (κ1) is 10.0. The van der Waals surface area contributed by atoms with Crippen LogP contribution in [0.4, 0.5) is 0 Å². The summed E-state index contributed by atoms with van der Waals surface area (Å²) in [4.78, 5) is 0. The highest BCUT2D eigenvalue weighted by Gasteiger charge is 2.12. The highest BCUT2D eigenvalue weighted by atomic mass is 35.5. The van der Waals surface area contributed by atoms with Crippen LogP contribution in [-0.4, -0.2) is 25.4 Å². The van der Waals surface area contributed by atoms with Gasteiger partial charge in [0.25, 0.3) is 0 Å². The van der Waals surface area contributed by atoms with Gasteiger partial charge >= 0.3 is 0 Å². The van der Waals surface area contributed by atoms with Crippen LogP contribution in [0.3, 0.4) is 0 Å². The molecule has 0 aromatic heterocycles. The van der Waals surface area contributed by atoms with E-state index >= 15 is 0 Å². The zero-order valence-corrected chi connectivity index (χ0v) is 7.93. The number of hydrogen-bond donors (Lipinski definition) is 0. The van der Waals surface area contributed by atoms with E-state index in [1.807, 2.05) is 12.2 Å². The summed E-state index contributed by atoms with van der Waals surface area (Å²) < 4.78 is 10.8. The molecule has 12 heavy (non-hydrogen) atoms. The number of allylic oxidation sites excluding steroid dienone is 1. The van der Waals surface area contributed by atoms with Crippen LogP contribution < -0.4 is 0 Å². The van der Waals surface area contributed by atoms with Gasteiger partial charge in [-0.15, -0.1) is 11.6 Å². The first-order chi connectivity index (χ1) is 5.93. The Labute approximate surface area is 78.5 Å². The maximum absolute atomic E-state index is 5.45. The molecule has 0 spiro atoms. The molecule has 3 heteroatoms. The highest BCUT2D eigenvalue weighted by molar-refractivity contribution is 6.18. The van der Waals surface area contributed by atoms with Crippen LogP contribution >= 0.6 is 11.6 Å². The molecule has 1 aliphatic heterocycles. The van der Waals surface area contributed by atoms with Crippen molar-refractivity contribution in [2.24, 2.45) is 0 Å². The number of rotatable bonds is 4. The fourth-order valence-corrected chi connectivity index (χ4v) is 1.26. The van der Waals surface area contributed by atoms with Crippen LogP contribution in [-0.2, 0) is 9.47 Å². The minimum atomic E-state index is 0.0127. The van der Waals surface area contributed by atoms with E-state index in [0.29, 0.717) is 12.5 Å². The lowest BCUT2D eigenvalue weighted by Crippen LogP contribution is -2.22. The number of hydrogen-bond acceptors (Lipinski definition) is 2. The highest BCUT2D eigenvalue weighted by Crippen LogP contribution is 2.13. The Morgan fingerprint density at radius 3 is 3.00 bits per heavy atom. The van der Waals surface area contributed by atoms with E-state index in [1.165, 1.54) is 6.42 Å². The normalized spacial score (nSPS) is 24.9. The third-order valence-electron chi connectivity index (χ3n) is 1.77. The summed E-state index contributed by atoms with van der Waals surface area (Å²) in [7, 11) is 0. The Morgan fingerprint density at radius 1 is 1.42 bits per heavy atom. The lowest BCUT2D eigenvalue weighted by molar-refractivity contribution is -0.155. The van der Waals surface area contributed by atoms with Crippen molar-refractivity contribution >= 4 is 11.6 Å². The van der Waals surface area contributed by atoms with Gasteiger partial charge in [0.1, 0.15) is 0 Å². The van der Waals surface area contributed by atoms with E-state index in [1.54, 1.807) is 0 Å². The molecule has 0 radical (unpaired) electrons. The van der Waals surface area contributed by atoms with Crippen molar-refractivity contribution in [2.45, 2.75) is 25.6 Å². The van der Waals surface area contributed by atoms with E-state index in [0.717, 1.165) is 19.4 Å². The number of halogens is 1. The molecule has 0 bridgehead atoms. The Bertz CT molecular complexity index is 130. The van der Waals surface area contributed by atoms with Gasteiger partial charge in [0.2, 0.25) is 0 Å². The molecule has 1 aliphatic rings. The first-order valence-corrected chi connectivity index (χ1v) is 4.91. The van der Waals surface area contributed by atoms with Gasteiger partial charge in [-0.25, -0.2) is 0 Å². The Balaban J connectivity index is 2.01. The van der Waals surface area contributed by atoms with Crippen LogP contribution in [0.1, 0.15) is 19.3 Å². The van der Waals surface area contributed by atoms with Crippen LogP contribution in [0, 0.1) is 0 Å². The van der Waals surface area contributed by atoms with Crippen molar-refractivity contribution in [1.29, 1.82) is 0 Å². The van der Waals surface area contributed by atoms with Crippen LogP contribution in [0.15, 0.2) is 12.2 Å². The van der Waals surface area contributed by atoms with Crippen LogP contribution in [0.25, 0.3) is 0 Å². The summed E-state index contributed by atoms with van der Waals surface area (Å²) in [6.07, 6.45) is 7.21. The molecule has 0 saturated carbocycles.